The number of benzene rings is 2. The lowest BCUT2D eigenvalue weighted by Gasteiger charge is -2.37. The molecular formula is C32H34ClF3N4O2. The molecule has 0 unspecified atom stereocenters. The van der Waals surface area contributed by atoms with Crippen molar-refractivity contribution in [2.75, 3.05) is 26.2 Å². The molecule has 0 bridgehead atoms. The van der Waals surface area contributed by atoms with E-state index < -0.39 is 11.7 Å². The summed E-state index contributed by atoms with van der Waals surface area (Å²) in [5.41, 5.74) is 2.76. The first kappa shape index (κ1) is 30.0. The van der Waals surface area contributed by atoms with Gasteiger partial charge < -0.3 is 9.74 Å². The van der Waals surface area contributed by atoms with E-state index in [1.807, 2.05) is 41.6 Å². The number of oxime groups is 1. The Morgan fingerprint density at radius 3 is 2.10 bits per heavy atom. The fourth-order valence-corrected chi connectivity index (χ4v) is 5.79. The zero-order chi connectivity index (χ0) is 29.5. The van der Waals surface area contributed by atoms with E-state index in [4.69, 9.17) is 16.4 Å². The van der Waals surface area contributed by atoms with Gasteiger partial charge in [0.05, 0.1) is 11.3 Å². The van der Waals surface area contributed by atoms with Gasteiger partial charge in [-0.05, 0) is 91.9 Å². The third kappa shape index (κ3) is 7.89. The molecule has 0 spiro atoms. The molecule has 0 saturated carbocycles. The first-order valence-corrected chi connectivity index (χ1v) is 14.7. The molecule has 3 heterocycles. The minimum absolute atomic E-state index is 0.0479. The molecule has 0 atom stereocenters. The van der Waals surface area contributed by atoms with Crippen LogP contribution in [0.3, 0.4) is 0 Å². The summed E-state index contributed by atoms with van der Waals surface area (Å²) in [7, 11) is 0. The molecule has 0 N–H and O–H groups in total. The molecule has 2 aliphatic heterocycles. The number of piperidine rings is 2. The molecule has 6 nitrogen and oxygen atoms in total. The van der Waals surface area contributed by atoms with Crippen LogP contribution in [0.15, 0.2) is 78.2 Å². The predicted molar refractivity (Wildman–Crippen MR) is 156 cm³/mol. The second kappa shape index (κ2) is 13.7. The summed E-state index contributed by atoms with van der Waals surface area (Å²) in [6.45, 7) is 4.02. The fraction of sp³-hybridized carbons (Fsp3) is 0.406. The van der Waals surface area contributed by atoms with Gasteiger partial charge in [-0.1, -0.05) is 41.0 Å². The summed E-state index contributed by atoms with van der Waals surface area (Å²) in [5, 5.41) is 5.06. The van der Waals surface area contributed by atoms with Gasteiger partial charge in [-0.2, -0.15) is 13.2 Å². The highest BCUT2D eigenvalue weighted by Gasteiger charge is 2.33. The quantitative estimate of drug-likeness (QED) is 0.211. The zero-order valence-electron chi connectivity index (χ0n) is 23.3. The summed E-state index contributed by atoms with van der Waals surface area (Å²) in [6.07, 6.45) is 2.45. The van der Waals surface area contributed by atoms with Gasteiger partial charge in [-0.3, -0.25) is 14.7 Å². The van der Waals surface area contributed by atoms with Gasteiger partial charge in [0.1, 0.15) is 6.61 Å². The van der Waals surface area contributed by atoms with Gasteiger partial charge in [0, 0.05) is 48.9 Å². The molecule has 5 rings (SSSR count). The number of hydrogen-bond donors (Lipinski definition) is 0. The van der Waals surface area contributed by atoms with E-state index >= 15 is 0 Å². The molecular weight excluding hydrogens is 565 g/mol. The minimum Gasteiger partial charge on any atom is -0.391 e. The maximum Gasteiger partial charge on any atom is 0.416 e. The fourth-order valence-electron chi connectivity index (χ4n) is 5.67. The van der Waals surface area contributed by atoms with E-state index in [1.165, 1.54) is 17.7 Å². The summed E-state index contributed by atoms with van der Waals surface area (Å²) >= 11 is 6.11. The van der Waals surface area contributed by atoms with Crippen molar-refractivity contribution in [3.63, 3.8) is 0 Å². The lowest BCUT2D eigenvalue weighted by Crippen LogP contribution is -2.46. The number of nitrogens with zero attached hydrogens (tertiary/aromatic N) is 4. The molecule has 0 aliphatic carbocycles. The summed E-state index contributed by atoms with van der Waals surface area (Å²) in [6, 6.07) is 16.3. The van der Waals surface area contributed by atoms with Gasteiger partial charge in [0.2, 0.25) is 5.91 Å². The Bertz CT molecular complexity index is 1330. The molecule has 1 amide bonds. The molecule has 10 heteroatoms. The van der Waals surface area contributed by atoms with Crippen LogP contribution in [0, 0.1) is 11.8 Å². The number of aromatic nitrogens is 1. The first-order chi connectivity index (χ1) is 20.3. The van der Waals surface area contributed by atoms with Gasteiger partial charge in [0.15, 0.2) is 0 Å². The molecule has 2 aromatic carbocycles. The second-order valence-electron chi connectivity index (χ2n) is 11.0. The monoisotopic (exact) mass is 598 g/mol. The Hall–Kier alpha value is -3.43. The van der Waals surface area contributed by atoms with Crippen molar-refractivity contribution in [1.82, 2.24) is 14.8 Å². The van der Waals surface area contributed by atoms with Crippen molar-refractivity contribution in [2.24, 2.45) is 17.0 Å². The maximum atomic E-state index is 13.4. The van der Waals surface area contributed by atoms with Crippen LogP contribution in [0.4, 0.5) is 13.2 Å². The van der Waals surface area contributed by atoms with Crippen LogP contribution < -0.4 is 0 Å². The zero-order valence-corrected chi connectivity index (χ0v) is 24.0. The summed E-state index contributed by atoms with van der Waals surface area (Å²) < 4.78 is 38.6. The molecule has 2 aliphatic rings. The van der Waals surface area contributed by atoms with Crippen molar-refractivity contribution in [1.29, 1.82) is 0 Å². The molecule has 42 heavy (non-hydrogen) atoms. The van der Waals surface area contributed by atoms with Crippen molar-refractivity contribution in [3.8, 4) is 0 Å². The van der Waals surface area contributed by atoms with Crippen molar-refractivity contribution in [3.05, 3.63) is 100 Å². The Morgan fingerprint density at radius 2 is 1.48 bits per heavy atom. The second-order valence-corrected chi connectivity index (χ2v) is 11.4. The third-order valence-corrected chi connectivity index (χ3v) is 8.35. The van der Waals surface area contributed by atoms with Crippen molar-refractivity contribution >= 4 is 23.2 Å². The number of rotatable bonds is 8. The number of carbonyl (C=O) groups excluding carboxylic acids is 1. The Morgan fingerprint density at radius 1 is 0.857 bits per heavy atom. The van der Waals surface area contributed by atoms with Crippen LogP contribution in [0.2, 0.25) is 5.02 Å². The van der Waals surface area contributed by atoms with Crippen molar-refractivity contribution < 1.29 is 22.8 Å². The Kier molecular flexibility index (Phi) is 9.80. The highest BCUT2D eigenvalue weighted by Crippen LogP contribution is 2.30. The molecule has 1 aromatic heterocycles. The number of amides is 1. The lowest BCUT2D eigenvalue weighted by atomic mass is 9.87. The van der Waals surface area contributed by atoms with Crippen LogP contribution in [-0.4, -0.2) is 52.6 Å². The molecule has 0 radical (unpaired) electrons. The van der Waals surface area contributed by atoms with Crippen molar-refractivity contribution in [2.45, 2.75) is 45.0 Å². The van der Waals surface area contributed by atoms with Crippen LogP contribution in [0.1, 0.15) is 47.9 Å². The maximum absolute atomic E-state index is 13.4. The topological polar surface area (TPSA) is 58.0 Å². The largest absolute Gasteiger partial charge is 0.416 e. The van der Waals surface area contributed by atoms with Gasteiger partial charge in [-0.15, -0.1) is 0 Å². The SMILES string of the molecule is O=C(C1CCN(Cc2ccncc2)CC1)N1CCC(C(=NOCc2ccc(C(F)(F)F)cc2)c2ccc(Cl)cc2)CC1. The number of alkyl halides is 3. The summed E-state index contributed by atoms with van der Waals surface area (Å²) in [4.78, 5) is 27.5. The average molecular weight is 599 g/mol. The van der Waals surface area contributed by atoms with E-state index in [0.717, 1.165) is 68.7 Å². The first-order valence-electron chi connectivity index (χ1n) is 14.3. The van der Waals surface area contributed by atoms with E-state index in [0.29, 0.717) is 23.7 Å². The standard InChI is InChI=1S/C32H34ClF3N4O2/c33-29-7-3-25(4-8-29)30(38-42-22-24-1-5-28(6-2-24)32(34,35)36)26-13-19-40(20-14-26)31(41)27-11-17-39(18-12-27)21-23-9-15-37-16-10-23/h1-10,15-16,26-27H,11-14,17-22H2. The molecule has 2 fully saturated rings. The molecule has 3 aromatic rings. The normalized spacial score (nSPS) is 17.8. The van der Waals surface area contributed by atoms with E-state index in [1.54, 1.807) is 12.1 Å². The lowest BCUT2D eigenvalue weighted by molar-refractivity contribution is -0.138. The van der Waals surface area contributed by atoms with Gasteiger partial charge in [-0.25, -0.2) is 0 Å². The molecule has 2 saturated heterocycles. The molecule has 222 valence electrons. The Labute approximate surface area is 249 Å². The number of hydrogen-bond acceptors (Lipinski definition) is 5. The predicted octanol–water partition coefficient (Wildman–Crippen LogP) is 6.83. The highest BCUT2D eigenvalue weighted by molar-refractivity contribution is 6.30. The number of halogens is 4. The van der Waals surface area contributed by atoms with Crippen LogP contribution >= 0.6 is 11.6 Å². The van der Waals surface area contributed by atoms with E-state index in [9.17, 15) is 18.0 Å². The summed E-state index contributed by atoms with van der Waals surface area (Å²) in [5.74, 6) is 0.359. The van der Waals surface area contributed by atoms with Crippen LogP contribution in [0.25, 0.3) is 0 Å². The minimum atomic E-state index is -4.38. The van der Waals surface area contributed by atoms with Crippen LogP contribution in [0.5, 0.6) is 0 Å². The number of likely N-dealkylation sites (tertiary alicyclic amines) is 2. The highest BCUT2D eigenvalue weighted by atomic mass is 35.5. The number of pyridine rings is 1. The smallest absolute Gasteiger partial charge is 0.391 e. The van der Waals surface area contributed by atoms with E-state index in [2.05, 4.69) is 15.0 Å². The van der Waals surface area contributed by atoms with E-state index in [-0.39, 0.29) is 24.3 Å². The average Bonchev–Trinajstić information content (AvgIpc) is 3.00. The van der Waals surface area contributed by atoms with Gasteiger partial charge >= 0.3 is 6.18 Å². The van der Waals surface area contributed by atoms with Gasteiger partial charge in [0.25, 0.3) is 0 Å². The number of carbonyl (C=O) groups is 1. The van der Waals surface area contributed by atoms with Crippen LogP contribution in [-0.2, 0) is 29.0 Å². The third-order valence-electron chi connectivity index (χ3n) is 8.10. The Balaban J connectivity index is 1.16.